The highest BCUT2D eigenvalue weighted by atomic mass is 16.5. The normalized spacial score (nSPS) is 21.7. The second-order valence-electron chi connectivity index (χ2n) is 5.00. The Kier molecular flexibility index (Phi) is 5.36. The minimum atomic E-state index is 0.0419. The molecule has 4 nitrogen and oxygen atoms in total. The zero-order valence-corrected chi connectivity index (χ0v) is 11.4. The monoisotopic (exact) mass is 262 g/mol. The Balaban J connectivity index is 1.59. The minimum absolute atomic E-state index is 0.0419. The maximum atomic E-state index is 11.5. The molecule has 2 N–H and O–H groups in total. The smallest absolute Gasteiger partial charge is 0.234 e. The van der Waals surface area contributed by atoms with Gasteiger partial charge in [0.15, 0.2) is 0 Å². The summed E-state index contributed by atoms with van der Waals surface area (Å²) in [7, 11) is 1.63. The first kappa shape index (κ1) is 14.0. The van der Waals surface area contributed by atoms with Crippen molar-refractivity contribution in [2.45, 2.75) is 24.8 Å². The van der Waals surface area contributed by atoms with Gasteiger partial charge < -0.3 is 15.4 Å². The van der Waals surface area contributed by atoms with E-state index in [2.05, 4.69) is 34.9 Å². The number of carbonyl (C=O) groups is 1. The molecule has 1 amide bonds. The molecule has 1 saturated carbocycles. The first-order valence-corrected chi connectivity index (χ1v) is 6.83. The van der Waals surface area contributed by atoms with Crippen LogP contribution in [0, 0.1) is 0 Å². The maximum absolute atomic E-state index is 11.5. The molecule has 104 valence electrons. The summed E-state index contributed by atoms with van der Waals surface area (Å²) in [6.45, 7) is 1.54. The van der Waals surface area contributed by atoms with Crippen LogP contribution in [0.4, 0.5) is 0 Å². The van der Waals surface area contributed by atoms with Crippen LogP contribution in [0.5, 0.6) is 0 Å². The van der Waals surface area contributed by atoms with Gasteiger partial charge in [-0.05, 0) is 24.3 Å². The van der Waals surface area contributed by atoms with Crippen molar-refractivity contribution in [2.24, 2.45) is 0 Å². The number of benzene rings is 1. The van der Waals surface area contributed by atoms with E-state index < -0.39 is 0 Å². The molecule has 1 aliphatic carbocycles. The van der Waals surface area contributed by atoms with Gasteiger partial charge >= 0.3 is 0 Å². The van der Waals surface area contributed by atoms with Gasteiger partial charge in [-0.15, -0.1) is 0 Å². The predicted octanol–water partition coefficient (Wildman–Crippen LogP) is 1.28. The quantitative estimate of drug-likeness (QED) is 0.728. The Morgan fingerprint density at radius 1 is 1.32 bits per heavy atom. The summed E-state index contributed by atoms with van der Waals surface area (Å²) in [4.78, 5) is 11.5. The molecule has 1 aliphatic rings. The maximum Gasteiger partial charge on any atom is 0.234 e. The number of methoxy groups -OCH3 is 1. The van der Waals surface area contributed by atoms with Crippen LogP contribution in [0.1, 0.15) is 24.3 Å². The summed E-state index contributed by atoms with van der Waals surface area (Å²) in [5.74, 6) is 0.690. The van der Waals surface area contributed by atoms with Gasteiger partial charge in [0.25, 0.3) is 0 Å². The van der Waals surface area contributed by atoms with E-state index >= 15 is 0 Å². The number of carbonyl (C=O) groups excluding carboxylic acids is 1. The number of ether oxygens (including phenoxy) is 1. The van der Waals surface area contributed by atoms with Crippen LogP contribution in [0.25, 0.3) is 0 Å². The molecular weight excluding hydrogens is 240 g/mol. The molecule has 1 aromatic rings. The van der Waals surface area contributed by atoms with Gasteiger partial charge in [0.2, 0.25) is 5.91 Å². The summed E-state index contributed by atoms with van der Waals surface area (Å²) >= 11 is 0. The van der Waals surface area contributed by atoms with Crippen molar-refractivity contribution < 1.29 is 9.53 Å². The Bertz CT molecular complexity index is 388. The molecule has 4 heteroatoms. The molecule has 0 aromatic heterocycles. The lowest BCUT2D eigenvalue weighted by molar-refractivity contribution is -0.120. The van der Waals surface area contributed by atoms with Crippen molar-refractivity contribution in [1.82, 2.24) is 10.6 Å². The van der Waals surface area contributed by atoms with Crippen molar-refractivity contribution in [3.63, 3.8) is 0 Å². The molecule has 0 aliphatic heterocycles. The molecule has 0 heterocycles. The molecule has 0 atom stereocenters. The van der Waals surface area contributed by atoms with E-state index in [1.54, 1.807) is 7.11 Å². The van der Waals surface area contributed by atoms with Gasteiger partial charge in [0.05, 0.1) is 13.2 Å². The zero-order chi connectivity index (χ0) is 13.5. The predicted molar refractivity (Wildman–Crippen MR) is 75.1 cm³/mol. The highest BCUT2D eigenvalue weighted by Crippen LogP contribution is 2.36. The van der Waals surface area contributed by atoms with Gasteiger partial charge in [-0.1, -0.05) is 30.3 Å². The van der Waals surface area contributed by atoms with Gasteiger partial charge in [0, 0.05) is 19.7 Å². The van der Waals surface area contributed by atoms with Crippen LogP contribution < -0.4 is 10.6 Å². The Hall–Kier alpha value is -1.39. The fourth-order valence-electron chi connectivity index (χ4n) is 2.37. The van der Waals surface area contributed by atoms with Crippen LogP contribution in [0.2, 0.25) is 0 Å². The number of rotatable bonds is 7. The van der Waals surface area contributed by atoms with Crippen LogP contribution in [0.15, 0.2) is 30.3 Å². The Morgan fingerprint density at radius 2 is 2.05 bits per heavy atom. The summed E-state index contributed by atoms with van der Waals surface area (Å²) in [6, 6.07) is 11.0. The lowest BCUT2D eigenvalue weighted by Crippen LogP contribution is -2.45. The standard InChI is InChI=1S/C15H22N2O2/c1-19-8-7-16-15(18)11-17-14-9-13(10-14)12-5-3-2-4-6-12/h2-6,13-14,17H,7-11H2,1H3,(H,16,18). The lowest BCUT2D eigenvalue weighted by Gasteiger charge is -2.36. The minimum Gasteiger partial charge on any atom is -0.383 e. The van der Waals surface area contributed by atoms with Crippen LogP contribution in [-0.2, 0) is 9.53 Å². The number of amides is 1. The Labute approximate surface area is 114 Å². The van der Waals surface area contributed by atoms with Gasteiger partial charge in [0.1, 0.15) is 0 Å². The van der Waals surface area contributed by atoms with Crippen LogP contribution >= 0.6 is 0 Å². The average molecular weight is 262 g/mol. The first-order chi connectivity index (χ1) is 9.29. The molecular formula is C15H22N2O2. The third-order valence-electron chi connectivity index (χ3n) is 3.59. The van der Waals surface area contributed by atoms with Gasteiger partial charge in [-0.3, -0.25) is 4.79 Å². The summed E-state index contributed by atoms with van der Waals surface area (Å²) in [5, 5.41) is 6.10. The number of nitrogens with one attached hydrogen (secondary N) is 2. The van der Waals surface area contributed by atoms with Crippen molar-refractivity contribution in [1.29, 1.82) is 0 Å². The van der Waals surface area contributed by atoms with E-state index in [0.717, 1.165) is 12.8 Å². The molecule has 0 radical (unpaired) electrons. The SMILES string of the molecule is COCCNC(=O)CNC1CC(c2ccccc2)C1. The van der Waals surface area contributed by atoms with E-state index in [9.17, 15) is 4.79 Å². The number of hydrogen-bond acceptors (Lipinski definition) is 3. The Morgan fingerprint density at radius 3 is 2.74 bits per heavy atom. The molecule has 2 rings (SSSR count). The second-order valence-corrected chi connectivity index (χ2v) is 5.00. The molecule has 1 aromatic carbocycles. The molecule has 19 heavy (non-hydrogen) atoms. The fourth-order valence-corrected chi connectivity index (χ4v) is 2.37. The molecule has 0 saturated heterocycles. The number of hydrogen-bond donors (Lipinski definition) is 2. The van der Waals surface area contributed by atoms with Crippen LogP contribution in [0.3, 0.4) is 0 Å². The summed E-state index contributed by atoms with van der Waals surface area (Å²) in [5.41, 5.74) is 1.41. The van der Waals surface area contributed by atoms with Crippen molar-refractivity contribution in [3.8, 4) is 0 Å². The van der Waals surface area contributed by atoms with Crippen molar-refractivity contribution >= 4 is 5.91 Å². The van der Waals surface area contributed by atoms with E-state index in [0.29, 0.717) is 31.7 Å². The van der Waals surface area contributed by atoms with E-state index in [1.165, 1.54) is 5.56 Å². The third-order valence-corrected chi connectivity index (χ3v) is 3.59. The molecule has 0 unspecified atom stereocenters. The fraction of sp³-hybridized carbons (Fsp3) is 0.533. The molecule has 1 fully saturated rings. The summed E-state index contributed by atoms with van der Waals surface area (Å²) in [6.07, 6.45) is 2.24. The summed E-state index contributed by atoms with van der Waals surface area (Å²) < 4.78 is 4.88. The van der Waals surface area contributed by atoms with Gasteiger partial charge in [-0.25, -0.2) is 0 Å². The second kappa shape index (κ2) is 7.26. The van der Waals surface area contributed by atoms with E-state index in [-0.39, 0.29) is 5.91 Å². The highest BCUT2D eigenvalue weighted by molar-refractivity contribution is 5.78. The van der Waals surface area contributed by atoms with Crippen molar-refractivity contribution in [2.75, 3.05) is 26.8 Å². The molecule has 0 spiro atoms. The third kappa shape index (κ3) is 4.33. The zero-order valence-electron chi connectivity index (χ0n) is 11.4. The molecule has 0 bridgehead atoms. The van der Waals surface area contributed by atoms with Gasteiger partial charge in [-0.2, -0.15) is 0 Å². The largest absolute Gasteiger partial charge is 0.383 e. The van der Waals surface area contributed by atoms with E-state index in [1.807, 2.05) is 6.07 Å². The lowest BCUT2D eigenvalue weighted by atomic mass is 9.76. The van der Waals surface area contributed by atoms with Crippen molar-refractivity contribution in [3.05, 3.63) is 35.9 Å². The van der Waals surface area contributed by atoms with E-state index in [4.69, 9.17) is 4.74 Å². The first-order valence-electron chi connectivity index (χ1n) is 6.83. The average Bonchev–Trinajstić information content (AvgIpc) is 2.38. The topological polar surface area (TPSA) is 50.4 Å². The highest BCUT2D eigenvalue weighted by Gasteiger charge is 2.29. The van der Waals surface area contributed by atoms with Crippen LogP contribution in [-0.4, -0.2) is 38.8 Å².